The smallest absolute Gasteiger partial charge is 0.276 e. The second kappa shape index (κ2) is 8.57. The number of carbonyl (C=O) groups is 1. The molecule has 1 saturated heterocycles. The van der Waals surface area contributed by atoms with E-state index in [4.69, 9.17) is 0 Å². The Bertz CT molecular complexity index is 911. The molecule has 1 amide bonds. The van der Waals surface area contributed by atoms with Gasteiger partial charge in [0.25, 0.3) is 5.56 Å². The fourth-order valence-corrected chi connectivity index (χ4v) is 4.42. The summed E-state index contributed by atoms with van der Waals surface area (Å²) in [6, 6.07) is 10.3. The van der Waals surface area contributed by atoms with Crippen LogP contribution in [0.4, 0.5) is 0 Å². The van der Waals surface area contributed by atoms with E-state index in [0.29, 0.717) is 24.9 Å². The summed E-state index contributed by atoms with van der Waals surface area (Å²) in [5.74, 6) is 0.739. The molecule has 6 heteroatoms. The first-order valence-corrected chi connectivity index (χ1v) is 10.9. The summed E-state index contributed by atoms with van der Waals surface area (Å²) in [6.07, 6.45) is 6.15. The molecule has 1 N–H and O–H groups in total. The van der Waals surface area contributed by atoms with Gasteiger partial charge in [-0.2, -0.15) is 0 Å². The van der Waals surface area contributed by atoms with Crippen LogP contribution in [0.5, 0.6) is 0 Å². The first-order valence-electron chi connectivity index (χ1n) is 10.9. The van der Waals surface area contributed by atoms with Crippen LogP contribution < -0.4 is 10.9 Å². The highest BCUT2D eigenvalue weighted by atomic mass is 16.1. The SMILES string of the molecule is Cc1c(CN2CCCC(CCC(=O)NC3CC3)C2)c(=O)n(-c2ccccc2)n1C. The van der Waals surface area contributed by atoms with Gasteiger partial charge < -0.3 is 5.32 Å². The predicted molar refractivity (Wildman–Crippen MR) is 114 cm³/mol. The van der Waals surface area contributed by atoms with Crippen LogP contribution in [0, 0.1) is 12.8 Å². The van der Waals surface area contributed by atoms with E-state index in [0.717, 1.165) is 55.7 Å². The summed E-state index contributed by atoms with van der Waals surface area (Å²) in [5, 5.41) is 3.08. The molecule has 0 spiro atoms. The molecule has 1 aromatic heterocycles. The molecule has 6 nitrogen and oxygen atoms in total. The van der Waals surface area contributed by atoms with E-state index in [2.05, 4.69) is 10.2 Å². The minimum Gasteiger partial charge on any atom is -0.353 e. The topological polar surface area (TPSA) is 59.3 Å². The van der Waals surface area contributed by atoms with E-state index in [1.807, 2.05) is 49.0 Å². The van der Waals surface area contributed by atoms with Gasteiger partial charge in [0, 0.05) is 38.3 Å². The Morgan fingerprint density at radius 2 is 1.93 bits per heavy atom. The minimum absolute atomic E-state index is 0.0714. The Morgan fingerprint density at radius 1 is 1.17 bits per heavy atom. The molecule has 0 radical (unpaired) electrons. The van der Waals surface area contributed by atoms with Gasteiger partial charge in [0.1, 0.15) is 0 Å². The molecule has 2 fully saturated rings. The summed E-state index contributed by atoms with van der Waals surface area (Å²) >= 11 is 0. The van der Waals surface area contributed by atoms with Crippen molar-refractivity contribution in [2.75, 3.05) is 13.1 Å². The second-order valence-corrected chi connectivity index (χ2v) is 8.66. The Kier molecular flexibility index (Phi) is 5.90. The largest absolute Gasteiger partial charge is 0.353 e. The van der Waals surface area contributed by atoms with Gasteiger partial charge >= 0.3 is 0 Å². The fraction of sp³-hybridized carbons (Fsp3) is 0.565. The Balaban J connectivity index is 1.41. The number of rotatable bonds is 7. The van der Waals surface area contributed by atoms with E-state index in [1.54, 1.807) is 4.68 Å². The van der Waals surface area contributed by atoms with Crippen molar-refractivity contribution in [3.8, 4) is 5.69 Å². The molecule has 2 heterocycles. The van der Waals surface area contributed by atoms with Crippen LogP contribution in [0.2, 0.25) is 0 Å². The molecule has 1 saturated carbocycles. The highest BCUT2D eigenvalue weighted by molar-refractivity contribution is 5.76. The molecule has 156 valence electrons. The molecule has 29 heavy (non-hydrogen) atoms. The van der Waals surface area contributed by atoms with Gasteiger partial charge in [-0.1, -0.05) is 18.2 Å². The maximum Gasteiger partial charge on any atom is 0.276 e. The minimum atomic E-state index is 0.0714. The van der Waals surface area contributed by atoms with Gasteiger partial charge in [-0.15, -0.1) is 0 Å². The van der Waals surface area contributed by atoms with Crippen LogP contribution in [0.1, 0.15) is 49.8 Å². The number of piperidine rings is 1. The highest BCUT2D eigenvalue weighted by Crippen LogP contribution is 2.24. The van der Waals surface area contributed by atoms with Gasteiger partial charge in [0.2, 0.25) is 5.91 Å². The van der Waals surface area contributed by atoms with Crippen LogP contribution in [-0.2, 0) is 18.4 Å². The van der Waals surface area contributed by atoms with Crippen LogP contribution in [0.3, 0.4) is 0 Å². The van der Waals surface area contributed by atoms with Crippen LogP contribution in [0.15, 0.2) is 35.1 Å². The normalized spacial score (nSPS) is 20.0. The lowest BCUT2D eigenvalue weighted by atomic mass is 9.93. The van der Waals surface area contributed by atoms with Crippen molar-refractivity contribution in [1.82, 2.24) is 19.6 Å². The van der Waals surface area contributed by atoms with Crippen molar-refractivity contribution in [2.45, 2.75) is 58.0 Å². The first kappa shape index (κ1) is 20.0. The molecule has 0 bridgehead atoms. The summed E-state index contributed by atoms with van der Waals surface area (Å²) in [6.45, 7) is 4.70. The zero-order chi connectivity index (χ0) is 20.4. The summed E-state index contributed by atoms with van der Waals surface area (Å²) in [5.41, 5.74) is 2.86. The summed E-state index contributed by atoms with van der Waals surface area (Å²) < 4.78 is 3.71. The molecule has 1 aliphatic heterocycles. The lowest BCUT2D eigenvalue weighted by Gasteiger charge is -2.32. The van der Waals surface area contributed by atoms with Gasteiger partial charge in [0.15, 0.2) is 0 Å². The number of amides is 1. The average Bonchev–Trinajstić information content (AvgIpc) is 3.51. The summed E-state index contributed by atoms with van der Waals surface area (Å²) in [7, 11) is 1.95. The number of likely N-dealkylation sites (tertiary alicyclic amines) is 1. The summed E-state index contributed by atoms with van der Waals surface area (Å²) in [4.78, 5) is 27.5. The molecule has 1 unspecified atom stereocenters. The zero-order valence-corrected chi connectivity index (χ0v) is 17.6. The van der Waals surface area contributed by atoms with Crippen molar-refractivity contribution < 1.29 is 4.79 Å². The standard InChI is InChI=1S/C23H32N4O2/c1-17-21(23(29)27(25(17)2)20-8-4-3-5-9-20)16-26-14-6-7-18(15-26)10-13-22(28)24-19-11-12-19/h3-5,8-9,18-19H,6-7,10-16H2,1-2H3,(H,24,28). The first-order chi connectivity index (χ1) is 14.0. The van der Waals surface area contributed by atoms with Crippen molar-refractivity contribution in [3.63, 3.8) is 0 Å². The number of para-hydroxylation sites is 1. The Labute approximate surface area is 172 Å². The Hall–Kier alpha value is -2.34. The maximum absolute atomic E-state index is 13.2. The monoisotopic (exact) mass is 396 g/mol. The van der Waals surface area contributed by atoms with Crippen LogP contribution >= 0.6 is 0 Å². The highest BCUT2D eigenvalue weighted by Gasteiger charge is 2.26. The van der Waals surface area contributed by atoms with E-state index in [9.17, 15) is 9.59 Å². The number of aromatic nitrogens is 2. The number of nitrogens with zero attached hydrogens (tertiary/aromatic N) is 3. The molecule has 2 aliphatic rings. The number of hydrogen-bond donors (Lipinski definition) is 1. The quantitative estimate of drug-likeness (QED) is 0.783. The molecule has 1 aromatic carbocycles. The van der Waals surface area contributed by atoms with Gasteiger partial charge in [-0.3, -0.25) is 19.2 Å². The van der Waals surface area contributed by atoms with Crippen molar-refractivity contribution in [1.29, 1.82) is 0 Å². The van der Waals surface area contributed by atoms with Gasteiger partial charge in [-0.05, 0) is 63.6 Å². The molecule has 1 atom stereocenters. The fourth-order valence-electron chi connectivity index (χ4n) is 4.42. The third kappa shape index (κ3) is 4.64. The number of carbonyl (C=O) groups excluding carboxylic acids is 1. The second-order valence-electron chi connectivity index (χ2n) is 8.66. The van der Waals surface area contributed by atoms with Crippen molar-refractivity contribution in [3.05, 3.63) is 51.9 Å². The number of benzene rings is 1. The van der Waals surface area contributed by atoms with Crippen LogP contribution in [0.25, 0.3) is 5.69 Å². The lowest BCUT2D eigenvalue weighted by molar-refractivity contribution is -0.121. The third-order valence-corrected chi connectivity index (χ3v) is 6.38. The molecular weight excluding hydrogens is 364 g/mol. The van der Waals surface area contributed by atoms with E-state index in [1.165, 1.54) is 6.42 Å². The van der Waals surface area contributed by atoms with Gasteiger partial charge in [0.05, 0.1) is 11.3 Å². The zero-order valence-electron chi connectivity index (χ0n) is 17.6. The molecule has 1 aliphatic carbocycles. The number of hydrogen-bond acceptors (Lipinski definition) is 3. The molecule has 2 aromatic rings. The van der Waals surface area contributed by atoms with Crippen molar-refractivity contribution >= 4 is 5.91 Å². The lowest BCUT2D eigenvalue weighted by Crippen LogP contribution is -2.37. The molecular formula is C23H32N4O2. The van der Waals surface area contributed by atoms with E-state index >= 15 is 0 Å². The van der Waals surface area contributed by atoms with Gasteiger partial charge in [-0.25, -0.2) is 4.68 Å². The predicted octanol–water partition coefficient (Wildman–Crippen LogP) is 2.76. The van der Waals surface area contributed by atoms with Crippen molar-refractivity contribution in [2.24, 2.45) is 13.0 Å². The van der Waals surface area contributed by atoms with E-state index in [-0.39, 0.29) is 11.5 Å². The third-order valence-electron chi connectivity index (χ3n) is 6.38. The maximum atomic E-state index is 13.2. The van der Waals surface area contributed by atoms with E-state index < -0.39 is 0 Å². The number of nitrogens with one attached hydrogen (secondary N) is 1. The average molecular weight is 397 g/mol. The van der Waals surface area contributed by atoms with Crippen LogP contribution in [-0.4, -0.2) is 39.3 Å². The Morgan fingerprint density at radius 3 is 2.66 bits per heavy atom. The molecule has 4 rings (SSSR count).